The van der Waals surface area contributed by atoms with Gasteiger partial charge in [-0.15, -0.1) is 0 Å². The predicted molar refractivity (Wildman–Crippen MR) is 69.2 cm³/mol. The monoisotopic (exact) mass is 278 g/mol. The van der Waals surface area contributed by atoms with Crippen LogP contribution in [0.1, 0.15) is 23.2 Å². The van der Waals surface area contributed by atoms with Crippen LogP contribution in [-0.2, 0) is 9.53 Å². The van der Waals surface area contributed by atoms with Crippen LogP contribution in [0.3, 0.4) is 0 Å². The molecule has 0 bridgehead atoms. The number of esters is 1. The number of hydrogen-bond acceptors (Lipinski definition) is 5. The minimum Gasteiger partial charge on any atom is -0.467 e. The molecule has 7 heteroatoms. The van der Waals surface area contributed by atoms with Gasteiger partial charge in [0, 0.05) is 12.6 Å². The van der Waals surface area contributed by atoms with E-state index in [4.69, 9.17) is 0 Å². The molecule has 1 aromatic carbocycles. The molecule has 0 radical (unpaired) electrons. The minimum absolute atomic E-state index is 0.00620. The molecule has 1 saturated heterocycles. The summed E-state index contributed by atoms with van der Waals surface area (Å²) >= 11 is 0. The van der Waals surface area contributed by atoms with Gasteiger partial charge in [0.05, 0.1) is 12.0 Å². The number of ether oxygens (including phenoxy) is 1. The van der Waals surface area contributed by atoms with Crippen LogP contribution in [0.4, 0.5) is 5.69 Å². The maximum atomic E-state index is 12.4. The molecule has 0 aromatic heterocycles. The standard InChI is InChI=1S/C13H14N2O5/c1-20-13(17)11-7-4-8-14(11)12(16)9-5-2-3-6-10(9)15(18)19/h2-3,5-6,11H,4,7-8H2,1H3. The third kappa shape index (κ3) is 2.47. The number of nitrogens with zero attached hydrogens (tertiary/aromatic N) is 2. The first-order chi connectivity index (χ1) is 9.56. The molecule has 0 saturated carbocycles. The number of likely N-dealkylation sites (tertiary alicyclic amines) is 1. The Hall–Kier alpha value is -2.44. The summed E-state index contributed by atoms with van der Waals surface area (Å²) in [4.78, 5) is 35.7. The highest BCUT2D eigenvalue weighted by molar-refractivity contribution is 6.00. The highest BCUT2D eigenvalue weighted by Gasteiger charge is 2.37. The van der Waals surface area contributed by atoms with E-state index in [1.807, 2.05) is 0 Å². The van der Waals surface area contributed by atoms with Gasteiger partial charge in [-0.2, -0.15) is 0 Å². The molecule has 7 nitrogen and oxygen atoms in total. The number of hydrogen-bond donors (Lipinski definition) is 0. The summed E-state index contributed by atoms with van der Waals surface area (Å²) in [7, 11) is 1.26. The lowest BCUT2D eigenvalue weighted by molar-refractivity contribution is -0.385. The number of carbonyl (C=O) groups is 2. The zero-order chi connectivity index (χ0) is 14.7. The smallest absolute Gasteiger partial charge is 0.328 e. The molecule has 1 heterocycles. The average molecular weight is 278 g/mol. The second-order valence-electron chi connectivity index (χ2n) is 4.45. The van der Waals surface area contributed by atoms with Crippen molar-refractivity contribution in [2.24, 2.45) is 0 Å². The average Bonchev–Trinajstić information content (AvgIpc) is 2.95. The van der Waals surface area contributed by atoms with Crippen LogP contribution in [0.2, 0.25) is 0 Å². The van der Waals surface area contributed by atoms with Gasteiger partial charge in [0.2, 0.25) is 0 Å². The van der Waals surface area contributed by atoms with E-state index in [-0.39, 0.29) is 11.3 Å². The molecule has 1 aliphatic heterocycles. The van der Waals surface area contributed by atoms with Gasteiger partial charge in [-0.3, -0.25) is 14.9 Å². The van der Waals surface area contributed by atoms with Gasteiger partial charge in [0.25, 0.3) is 11.6 Å². The van der Waals surface area contributed by atoms with Crippen LogP contribution >= 0.6 is 0 Å². The van der Waals surface area contributed by atoms with Crippen molar-refractivity contribution in [3.8, 4) is 0 Å². The fraction of sp³-hybridized carbons (Fsp3) is 0.385. The molecule has 0 spiro atoms. The van der Waals surface area contributed by atoms with Crippen LogP contribution in [-0.4, -0.2) is 41.4 Å². The van der Waals surface area contributed by atoms with Crippen LogP contribution in [0, 0.1) is 10.1 Å². The molecule has 1 aromatic rings. The molecule has 1 aliphatic rings. The lowest BCUT2D eigenvalue weighted by Gasteiger charge is -2.22. The fourth-order valence-corrected chi connectivity index (χ4v) is 2.36. The Bertz CT molecular complexity index is 557. The Morgan fingerprint density at radius 2 is 2.10 bits per heavy atom. The largest absolute Gasteiger partial charge is 0.467 e. The molecule has 1 unspecified atom stereocenters. The Balaban J connectivity index is 2.32. The van der Waals surface area contributed by atoms with E-state index in [0.29, 0.717) is 19.4 Å². The van der Waals surface area contributed by atoms with E-state index < -0.39 is 22.8 Å². The number of methoxy groups -OCH3 is 1. The van der Waals surface area contributed by atoms with Gasteiger partial charge in [-0.25, -0.2) is 4.79 Å². The first-order valence-corrected chi connectivity index (χ1v) is 6.18. The Morgan fingerprint density at radius 3 is 2.75 bits per heavy atom. The molecule has 2 rings (SSSR count). The van der Waals surface area contributed by atoms with Crippen molar-refractivity contribution in [3.05, 3.63) is 39.9 Å². The maximum absolute atomic E-state index is 12.4. The van der Waals surface area contributed by atoms with E-state index in [9.17, 15) is 19.7 Å². The second-order valence-corrected chi connectivity index (χ2v) is 4.45. The number of rotatable bonds is 3. The first-order valence-electron chi connectivity index (χ1n) is 6.18. The molecule has 1 atom stereocenters. The summed E-state index contributed by atoms with van der Waals surface area (Å²) in [5.74, 6) is -1.00. The summed E-state index contributed by atoms with van der Waals surface area (Å²) in [5, 5.41) is 11.0. The predicted octanol–water partition coefficient (Wildman–Crippen LogP) is 1.37. The van der Waals surface area contributed by atoms with Gasteiger partial charge in [-0.05, 0) is 18.9 Å². The Kier molecular flexibility index (Phi) is 3.97. The van der Waals surface area contributed by atoms with Crippen molar-refractivity contribution < 1.29 is 19.2 Å². The molecule has 1 amide bonds. The van der Waals surface area contributed by atoms with Gasteiger partial charge >= 0.3 is 5.97 Å². The van der Waals surface area contributed by atoms with Gasteiger partial charge in [0.1, 0.15) is 11.6 Å². The summed E-state index contributed by atoms with van der Waals surface area (Å²) in [5.41, 5.74) is -0.263. The van der Waals surface area contributed by atoms with Crippen LogP contribution in [0.5, 0.6) is 0 Å². The van der Waals surface area contributed by atoms with Gasteiger partial charge in [-0.1, -0.05) is 12.1 Å². The van der Waals surface area contributed by atoms with Crippen LogP contribution in [0.15, 0.2) is 24.3 Å². The topological polar surface area (TPSA) is 89.8 Å². The molecule has 1 fully saturated rings. The molecular formula is C13H14N2O5. The lowest BCUT2D eigenvalue weighted by Crippen LogP contribution is -2.41. The fourth-order valence-electron chi connectivity index (χ4n) is 2.36. The van der Waals surface area contributed by atoms with Crippen LogP contribution in [0.25, 0.3) is 0 Å². The first kappa shape index (κ1) is 14.0. The summed E-state index contributed by atoms with van der Waals surface area (Å²) in [6, 6.07) is 5.07. The van der Waals surface area contributed by atoms with Crippen molar-refractivity contribution >= 4 is 17.6 Å². The van der Waals surface area contributed by atoms with E-state index in [2.05, 4.69) is 4.74 Å². The SMILES string of the molecule is COC(=O)C1CCCN1C(=O)c1ccccc1[N+](=O)[O-]. The number of amides is 1. The summed E-state index contributed by atoms with van der Waals surface area (Å²) in [6.07, 6.45) is 1.19. The molecule has 20 heavy (non-hydrogen) atoms. The van der Waals surface area contributed by atoms with Gasteiger partial charge < -0.3 is 9.64 Å². The zero-order valence-electron chi connectivity index (χ0n) is 10.9. The molecule has 0 aliphatic carbocycles. The normalized spacial score (nSPS) is 17.9. The van der Waals surface area contributed by atoms with Crippen molar-refractivity contribution in [1.29, 1.82) is 0 Å². The van der Waals surface area contributed by atoms with Crippen molar-refractivity contribution in [2.75, 3.05) is 13.7 Å². The number of benzene rings is 1. The van der Waals surface area contributed by atoms with E-state index in [1.54, 1.807) is 6.07 Å². The van der Waals surface area contributed by atoms with E-state index in [1.165, 1.54) is 30.2 Å². The van der Waals surface area contributed by atoms with Crippen molar-refractivity contribution in [2.45, 2.75) is 18.9 Å². The third-order valence-electron chi connectivity index (χ3n) is 3.32. The molecular weight excluding hydrogens is 264 g/mol. The minimum atomic E-state index is -0.660. The number of nitro groups is 1. The summed E-state index contributed by atoms with van der Waals surface area (Å²) < 4.78 is 4.66. The van der Waals surface area contributed by atoms with Crippen LogP contribution < -0.4 is 0 Å². The number of carbonyl (C=O) groups excluding carboxylic acids is 2. The second kappa shape index (κ2) is 5.68. The van der Waals surface area contributed by atoms with Crippen molar-refractivity contribution in [3.63, 3.8) is 0 Å². The quantitative estimate of drug-likeness (QED) is 0.473. The molecule has 0 N–H and O–H groups in total. The Morgan fingerprint density at radius 1 is 1.40 bits per heavy atom. The highest BCUT2D eigenvalue weighted by Crippen LogP contribution is 2.25. The van der Waals surface area contributed by atoms with E-state index >= 15 is 0 Å². The van der Waals surface area contributed by atoms with E-state index in [0.717, 1.165) is 0 Å². The zero-order valence-corrected chi connectivity index (χ0v) is 10.9. The number of nitro benzene ring substituents is 1. The Labute approximate surface area is 115 Å². The van der Waals surface area contributed by atoms with Crippen molar-refractivity contribution in [1.82, 2.24) is 4.90 Å². The highest BCUT2D eigenvalue weighted by atomic mass is 16.6. The third-order valence-corrected chi connectivity index (χ3v) is 3.32. The summed E-state index contributed by atoms with van der Waals surface area (Å²) in [6.45, 7) is 0.394. The number of para-hydroxylation sites is 1. The van der Waals surface area contributed by atoms with Gasteiger partial charge in [0.15, 0.2) is 0 Å². The maximum Gasteiger partial charge on any atom is 0.328 e. The molecule has 106 valence electrons. The lowest BCUT2D eigenvalue weighted by atomic mass is 10.1.